The van der Waals surface area contributed by atoms with Crippen molar-refractivity contribution in [1.29, 1.82) is 0 Å². The molecule has 2 aromatic carbocycles. The second kappa shape index (κ2) is 11.0. The minimum Gasteiger partial charge on any atom is -0.381 e. The summed E-state index contributed by atoms with van der Waals surface area (Å²) in [6.45, 7) is 7.70. The van der Waals surface area contributed by atoms with Gasteiger partial charge in [-0.2, -0.15) is 0 Å². The Hall–Kier alpha value is -2.08. The maximum atomic E-state index is 13.3. The van der Waals surface area contributed by atoms with Crippen LogP contribution in [0.25, 0.3) is 5.57 Å². The van der Waals surface area contributed by atoms with E-state index in [0.29, 0.717) is 41.7 Å². The van der Waals surface area contributed by atoms with E-state index in [2.05, 4.69) is 6.92 Å². The topological polar surface area (TPSA) is 46.6 Å². The van der Waals surface area contributed by atoms with Gasteiger partial charge >= 0.3 is 0 Å². The maximum absolute atomic E-state index is 13.3. The first-order chi connectivity index (χ1) is 14.9. The van der Waals surface area contributed by atoms with Gasteiger partial charge in [0.15, 0.2) is 0 Å². The predicted octanol–water partition coefficient (Wildman–Crippen LogP) is 6.04. The van der Waals surface area contributed by atoms with Crippen molar-refractivity contribution in [3.63, 3.8) is 0 Å². The zero-order valence-electron chi connectivity index (χ0n) is 18.2. The lowest BCUT2D eigenvalue weighted by atomic mass is 9.99. The molecule has 0 saturated carbocycles. The van der Waals surface area contributed by atoms with Crippen LogP contribution in [0, 0.1) is 13.8 Å². The van der Waals surface area contributed by atoms with Crippen LogP contribution in [0.4, 0.5) is 0 Å². The average Bonchev–Trinajstić information content (AvgIpc) is 2.96. The molecular formula is C25H28ClNO3S. The molecule has 4 nitrogen and oxygen atoms in total. The molecule has 0 fully saturated rings. The molecule has 2 aromatic rings. The van der Waals surface area contributed by atoms with Gasteiger partial charge in [0.2, 0.25) is 0 Å². The molecular weight excluding hydrogens is 430 g/mol. The molecule has 0 saturated heterocycles. The number of nitrogens with zero attached hydrogens (tertiary/aromatic N) is 1. The van der Waals surface area contributed by atoms with Gasteiger partial charge in [0.25, 0.3) is 11.8 Å². The Labute approximate surface area is 193 Å². The molecule has 31 heavy (non-hydrogen) atoms. The highest BCUT2D eigenvalue weighted by Gasteiger charge is 2.39. The van der Waals surface area contributed by atoms with Gasteiger partial charge < -0.3 is 4.74 Å². The summed E-state index contributed by atoms with van der Waals surface area (Å²) in [5.74, 6) is -0.476. The van der Waals surface area contributed by atoms with Crippen LogP contribution in [0.1, 0.15) is 42.9 Å². The first-order valence-corrected chi connectivity index (χ1v) is 11.8. The number of imide groups is 1. The lowest BCUT2D eigenvalue weighted by Crippen LogP contribution is -2.33. The molecule has 1 heterocycles. The smallest absolute Gasteiger partial charge is 0.268 e. The number of carbonyl (C=O) groups excluding carboxylic acids is 2. The number of hydrogen-bond acceptors (Lipinski definition) is 4. The van der Waals surface area contributed by atoms with Crippen molar-refractivity contribution < 1.29 is 14.3 Å². The summed E-state index contributed by atoms with van der Waals surface area (Å²) in [5.41, 5.74) is 3.39. The summed E-state index contributed by atoms with van der Waals surface area (Å²) in [5, 5.41) is 0.631. The maximum Gasteiger partial charge on any atom is 0.268 e. The summed E-state index contributed by atoms with van der Waals surface area (Å²) in [7, 11) is 0. The molecule has 2 amide bonds. The van der Waals surface area contributed by atoms with Crippen LogP contribution in [0.3, 0.4) is 0 Å². The summed E-state index contributed by atoms with van der Waals surface area (Å²) in [6, 6.07) is 13.2. The van der Waals surface area contributed by atoms with E-state index >= 15 is 0 Å². The fourth-order valence-electron chi connectivity index (χ4n) is 3.48. The van der Waals surface area contributed by atoms with Gasteiger partial charge in [0, 0.05) is 29.7 Å². The third-order valence-corrected chi connectivity index (χ3v) is 6.47. The molecule has 0 aromatic heterocycles. The summed E-state index contributed by atoms with van der Waals surface area (Å²) in [4.78, 5) is 29.3. The first kappa shape index (κ1) is 23.6. The highest BCUT2D eigenvalue weighted by atomic mass is 35.5. The zero-order valence-corrected chi connectivity index (χ0v) is 19.8. The van der Waals surface area contributed by atoms with E-state index in [1.54, 1.807) is 12.1 Å². The minimum absolute atomic E-state index is 0.234. The van der Waals surface area contributed by atoms with Crippen molar-refractivity contribution in [3.8, 4) is 0 Å². The number of unbranched alkanes of at least 4 members (excludes halogenated alkanes) is 1. The van der Waals surface area contributed by atoms with E-state index in [0.717, 1.165) is 34.4 Å². The summed E-state index contributed by atoms with van der Waals surface area (Å²) < 4.78 is 5.60. The second-order valence-corrected chi connectivity index (χ2v) is 9.18. The SMILES string of the molecule is CCCCOCCCN1C(=O)C(Sc2ccc(Cl)cc2)=C(c2ccc(C)cc2C)C1=O. The number of ether oxygens (including phenoxy) is 1. The molecule has 3 rings (SSSR count). The van der Waals surface area contributed by atoms with Gasteiger partial charge in [-0.1, -0.05) is 60.5 Å². The molecule has 0 bridgehead atoms. The third-order valence-electron chi connectivity index (χ3n) is 5.12. The Morgan fingerprint density at radius 2 is 1.68 bits per heavy atom. The average molecular weight is 458 g/mol. The molecule has 6 heteroatoms. The standard InChI is InChI=1S/C25H28ClNO3S/c1-4-5-14-30-15-6-13-27-24(28)22(21-12-7-17(2)16-18(21)3)23(25(27)29)31-20-10-8-19(26)9-11-20/h7-12,16H,4-6,13-15H2,1-3H3. The lowest BCUT2D eigenvalue weighted by Gasteiger charge is -2.15. The quantitative estimate of drug-likeness (QED) is 0.322. The fraction of sp³-hybridized carbons (Fsp3) is 0.360. The Kier molecular flexibility index (Phi) is 8.35. The van der Waals surface area contributed by atoms with Crippen LogP contribution in [-0.2, 0) is 14.3 Å². The fourth-order valence-corrected chi connectivity index (χ4v) is 4.61. The van der Waals surface area contributed by atoms with Crippen LogP contribution in [-0.4, -0.2) is 36.5 Å². The molecule has 1 aliphatic heterocycles. The van der Waals surface area contributed by atoms with Crippen LogP contribution < -0.4 is 0 Å². The Bertz CT molecular complexity index is 985. The summed E-state index contributed by atoms with van der Waals surface area (Å²) in [6.07, 6.45) is 2.72. The minimum atomic E-state index is -0.242. The van der Waals surface area contributed by atoms with Crippen LogP contribution >= 0.6 is 23.4 Å². The van der Waals surface area contributed by atoms with Gasteiger partial charge in [-0.25, -0.2) is 0 Å². The Morgan fingerprint density at radius 1 is 0.968 bits per heavy atom. The zero-order chi connectivity index (χ0) is 22.4. The van der Waals surface area contributed by atoms with Crippen molar-refractivity contribution in [2.75, 3.05) is 19.8 Å². The molecule has 164 valence electrons. The van der Waals surface area contributed by atoms with E-state index in [-0.39, 0.29) is 11.8 Å². The summed E-state index contributed by atoms with van der Waals surface area (Å²) >= 11 is 7.32. The number of rotatable bonds is 10. The molecule has 0 unspecified atom stereocenters. The van der Waals surface area contributed by atoms with Crippen molar-refractivity contribution in [2.45, 2.75) is 44.9 Å². The van der Waals surface area contributed by atoms with E-state index in [4.69, 9.17) is 16.3 Å². The van der Waals surface area contributed by atoms with Crippen LogP contribution in [0.2, 0.25) is 5.02 Å². The predicted molar refractivity (Wildman–Crippen MR) is 127 cm³/mol. The second-order valence-electron chi connectivity index (χ2n) is 7.66. The highest BCUT2D eigenvalue weighted by Crippen LogP contribution is 2.40. The van der Waals surface area contributed by atoms with Crippen LogP contribution in [0.15, 0.2) is 52.3 Å². The van der Waals surface area contributed by atoms with E-state index < -0.39 is 0 Å². The van der Waals surface area contributed by atoms with Gasteiger partial charge in [0.1, 0.15) is 0 Å². The van der Waals surface area contributed by atoms with Crippen molar-refractivity contribution in [1.82, 2.24) is 4.90 Å². The lowest BCUT2D eigenvalue weighted by molar-refractivity contribution is -0.136. The Morgan fingerprint density at radius 3 is 2.35 bits per heavy atom. The van der Waals surface area contributed by atoms with Gasteiger partial charge in [-0.3, -0.25) is 14.5 Å². The van der Waals surface area contributed by atoms with E-state index in [1.807, 2.05) is 44.2 Å². The van der Waals surface area contributed by atoms with E-state index in [1.165, 1.54) is 16.7 Å². The van der Waals surface area contributed by atoms with Crippen LogP contribution in [0.5, 0.6) is 0 Å². The van der Waals surface area contributed by atoms with Crippen molar-refractivity contribution in [2.24, 2.45) is 0 Å². The normalized spacial score (nSPS) is 14.1. The highest BCUT2D eigenvalue weighted by molar-refractivity contribution is 8.04. The van der Waals surface area contributed by atoms with Gasteiger partial charge in [0.05, 0.1) is 10.5 Å². The number of hydrogen-bond donors (Lipinski definition) is 0. The molecule has 0 N–H and O–H groups in total. The molecule has 0 spiro atoms. The molecule has 1 aliphatic rings. The molecule has 0 aliphatic carbocycles. The van der Waals surface area contributed by atoms with Gasteiger partial charge in [-0.05, 0) is 62.1 Å². The number of carbonyl (C=O) groups is 2. The van der Waals surface area contributed by atoms with Gasteiger partial charge in [-0.15, -0.1) is 0 Å². The van der Waals surface area contributed by atoms with Crippen molar-refractivity contribution >= 4 is 40.8 Å². The molecule has 0 radical (unpaired) electrons. The number of amides is 2. The number of thioether (sulfide) groups is 1. The van der Waals surface area contributed by atoms with Crippen molar-refractivity contribution in [3.05, 3.63) is 69.1 Å². The first-order valence-electron chi connectivity index (χ1n) is 10.6. The number of halogens is 1. The largest absolute Gasteiger partial charge is 0.381 e. The third kappa shape index (κ3) is 5.79. The number of aryl methyl sites for hydroxylation is 2. The number of benzene rings is 2. The Balaban J connectivity index is 1.86. The monoisotopic (exact) mass is 457 g/mol. The van der Waals surface area contributed by atoms with E-state index in [9.17, 15) is 9.59 Å². The molecule has 0 atom stereocenters.